The molecule has 0 aliphatic heterocycles. The van der Waals surface area contributed by atoms with Crippen LogP contribution >= 0.6 is 11.3 Å². The Balaban J connectivity index is 1.73. The average molecular weight is 365 g/mol. The molecule has 0 saturated heterocycles. The van der Waals surface area contributed by atoms with Gasteiger partial charge < -0.3 is 10.4 Å². The first-order chi connectivity index (χ1) is 12.5. The summed E-state index contributed by atoms with van der Waals surface area (Å²) in [5.74, 6) is -1.23. The smallest absolute Gasteiger partial charge is 0.339 e. The number of hydrogen-bond acceptors (Lipinski definition) is 3. The van der Waals surface area contributed by atoms with Crippen LogP contribution in [0.1, 0.15) is 27.9 Å². The Labute approximate surface area is 156 Å². The van der Waals surface area contributed by atoms with E-state index in [2.05, 4.69) is 5.32 Å². The zero-order chi connectivity index (χ0) is 18.5. The van der Waals surface area contributed by atoms with E-state index in [1.807, 2.05) is 61.5 Å². The van der Waals surface area contributed by atoms with E-state index in [-0.39, 0.29) is 11.5 Å². The maximum atomic E-state index is 12.3. The van der Waals surface area contributed by atoms with Crippen LogP contribution in [0.25, 0.3) is 11.1 Å². The minimum absolute atomic E-state index is 0.143. The molecule has 1 aromatic heterocycles. The fraction of sp³-hybridized carbons (Fsp3) is 0.143. The normalized spacial score (nSPS) is 10.5. The van der Waals surface area contributed by atoms with Crippen LogP contribution in [-0.4, -0.2) is 17.0 Å². The van der Waals surface area contributed by atoms with Crippen LogP contribution in [-0.2, 0) is 11.2 Å². The van der Waals surface area contributed by atoms with Crippen molar-refractivity contribution in [3.05, 3.63) is 76.7 Å². The summed E-state index contributed by atoms with van der Waals surface area (Å²) >= 11 is 1.24. The van der Waals surface area contributed by atoms with Gasteiger partial charge >= 0.3 is 5.97 Å². The number of amides is 1. The summed E-state index contributed by atoms with van der Waals surface area (Å²) in [4.78, 5) is 24.0. The number of carboxylic acids is 1. The van der Waals surface area contributed by atoms with Crippen LogP contribution < -0.4 is 5.32 Å². The number of aromatic carboxylic acids is 1. The number of carbonyl (C=O) groups excluding carboxylic acids is 1. The number of rotatable bonds is 6. The van der Waals surface area contributed by atoms with Crippen molar-refractivity contribution in [3.8, 4) is 11.1 Å². The van der Waals surface area contributed by atoms with E-state index >= 15 is 0 Å². The second-order valence-corrected chi connectivity index (χ2v) is 6.94. The molecule has 0 aliphatic carbocycles. The molecule has 2 aromatic carbocycles. The predicted molar refractivity (Wildman–Crippen MR) is 105 cm³/mol. The molecule has 0 aliphatic rings. The van der Waals surface area contributed by atoms with Gasteiger partial charge in [0.2, 0.25) is 5.91 Å². The van der Waals surface area contributed by atoms with Crippen LogP contribution in [0.2, 0.25) is 0 Å². The molecule has 0 atom stereocenters. The van der Waals surface area contributed by atoms with E-state index in [9.17, 15) is 14.7 Å². The monoisotopic (exact) mass is 365 g/mol. The van der Waals surface area contributed by atoms with Gasteiger partial charge in [-0.3, -0.25) is 4.79 Å². The number of carbonyl (C=O) groups is 2. The van der Waals surface area contributed by atoms with Gasteiger partial charge in [0.1, 0.15) is 10.6 Å². The Bertz CT molecular complexity index is 914. The standard InChI is InChI=1S/C21H19NO3S/c1-14-7-9-15(10-8-14)11-12-18(23)22-20-19(21(24)25)17(13-26-20)16-5-3-2-4-6-16/h2-10,13H,11-12H2,1H3,(H,22,23)(H,24,25). The van der Waals surface area contributed by atoms with Crippen molar-refractivity contribution in [2.24, 2.45) is 0 Å². The van der Waals surface area contributed by atoms with Crippen molar-refractivity contribution >= 4 is 28.2 Å². The van der Waals surface area contributed by atoms with E-state index in [0.717, 1.165) is 11.1 Å². The Hall–Kier alpha value is -2.92. The molecule has 4 nitrogen and oxygen atoms in total. The van der Waals surface area contributed by atoms with Crippen LogP contribution in [0.4, 0.5) is 5.00 Å². The molecule has 3 aromatic rings. The quantitative estimate of drug-likeness (QED) is 0.646. The topological polar surface area (TPSA) is 66.4 Å². The van der Waals surface area contributed by atoms with Crippen LogP contribution in [0.5, 0.6) is 0 Å². The second-order valence-electron chi connectivity index (χ2n) is 6.06. The number of nitrogens with one attached hydrogen (secondary N) is 1. The number of carboxylic acid groups (broad SMARTS) is 1. The van der Waals surface area contributed by atoms with Gasteiger partial charge in [0, 0.05) is 17.4 Å². The molecule has 0 spiro atoms. The van der Waals surface area contributed by atoms with Gasteiger partial charge in [0.05, 0.1) is 0 Å². The van der Waals surface area contributed by atoms with Crippen LogP contribution in [0, 0.1) is 6.92 Å². The molecule has 0 bridgehead atoms. The van der Waals surface area contributed by atoms with Gasteiger partial charge in [-0.15, -0.1) is 11.3 Å². The lowest BCUT2D eigenvalue weighted by atomic mass is 10.0. The van der Waals surface area contributed by atoms with Crippen LogP contribution in [0.3, 0.4) is 0 Å². The minimum atomic E-state index is -1.04. The molecule has 5 heteroatoms. The highest BCUT2D eigenvalue weighted by atomic mass is 32.1. The maximum Gasteiger partial charge on any atom is 0.339 e. The fourth-order valence-corrected chi connectivity index (χ4v) is 3.67. The van der Waals surface area contributed by atoms with Crippen molar-refractivity contribution in [1.29, 1.82) is 0 Å². The van der Waals surface area contributed by atoms with Crippen molar-refractivity contribution in [3.63, 3.8) is 0 Å². The summed E-state index contributed by atoms with van der Waals surface area (Å²) in [6.45, 7) is 2.02. The van der Waals surface area contributed by atoms with Crippen molar-refractivity contribution in [2.75, 3.05) is 5.32 Å². The molecule has 0 unspecified atom stereocenters. The summed E-state index contributed by atoms with van der Waals surface area (Å²) in [7, 11) is 0. The van der Waals surface area contributed by atoms with Gasteiger partial charge in [-0.25, -0.2) is 4.79 Å². The lowest BCUT2D eigenvalue weighted by Crippen LogP contribution is -2.14. The summed E-state index contributed by atoms with van der Waals surface area (Å²) in [6, 6.07) is 17.4. The molecule has 1 heterocycles. The van der Waals surface area contributed by atoms with Crippen LogP contribution in [0.15, 0.2) is 60.0 Å². The Morgan fingerprint density at radius 3 is 2.38 bits per heavy atom. The van der Waals surface area contributed by atoms with E-state index in [1.165, 1.54) is 16.9 Å². The molecule has 132 valence electrons. The summed E-state index contributed by atoms with van der Waals surface area (Å²) < 4.78 is 0. The number of aryl methyl sites for hydroxylation is 2. The maximum absolute atomic E-state index is 12.3. The lowest BCUT2D eigenvalue weighted by Gasteiger charge is -2.06. The highest BCUT2D eigenvalue weighted by molar-refractivity contribution is 7.15. The third-order valence-electron chi connectivity index (χ3n) is 4.10. The molecule has 0 fully saturated rings. The Morgan fingerprint density at radius 1 is 1.04 bits per heavy atom. The molecule has 2 N–H and O–H groups in total. The van der Waals surface area contributed by atoms with E-state index < -0.39 is 5.97 Å². The zero-order valence-electron chi connectivity index (χ0n) is 14.4. The third kappa shape index (κ3) is 4.18. The van der Waals surface area contributed by atoms with Gasteiger partial charge in [-0.05, 0) is 24.5 Å². The molecule has 26 heavy (non-hydrogen) atoms. The largest absolute Gasteiger partial charge is 0.478 e. The molecule has 0 saturated carbocycles. The first kappa shape index (κ1) is 17.9. The molecular formula is C21H19NO3S. The van der Waals surface area contributed by atoms with Crippen molar-refractivity contribution < 1.29 is 14.7 Å². The van der Waals surface area contributed by atoms with Gasteiger partial charge in [0.25, 0.3) is 0 Å². The highest BCUT2D eigenvalue weighted by Gasteiger charge is 2.20. The number of hydrogen-bond donors (Lipinski definition) is 2. The number of benzene rings is 2. The van der Waals surface area contributed by atoms with Gasteiger partial charge in [-0.1, -0.05) is 60.2 Å². The van der Waals surface area contributed by atoms with E-state index in [1.54, 1.807) is 5.38 Å². The Morgan fingerprint density at radius 2 is 1.73 bits per heavy atom. The first-order valence-electron chi connectivity index (χ1n) is 8.30. The highest BCUT2D eigenvalue weighted by Crippen LogP contribution is 2.35. The van der Waals surface area contributed by atoms with Gasteiger partial charge in [0.15, 0.2) is 0 Å². The van der Waals surface area contributed by atoms with Crippen molar-refractivity contribution in [1.82, 2.24) is 0 Å². The van der Waals surface area contributed by atoms with Gasteiger partial charge in [-0.2, -0.15) is 0 Å². The molecule has 0 radical (unpaired) electrons. The number of anilines is 1. The van der Waals surface area contributed by atoms with Crippen molar-refractivity contribution in [2.45, 2.75) is 19.8 Å². The molecule has 3 rings (SSSR count). The third-order valence-corrected chi connectivity index (χ3v) is 5.00. The Kier molecular flexibility index (Phi) is 5.49. The molecule has 1 amide bonds. The fourth-order valence-electron chi connectivity index (χ4n) is 2.69. The zero-order valence-corrected chi connectivity index (χ0v) is 15.2. The average Bonchev–Trinajstić information content (AvgIpc) is 3.06. The van der Waals surface area contributed by atoms with E-state index in [0.29, 0.717) is 23.4 Å². The SMILES string of the molecule is Cc1ccc(CCC(=O)Nc2scc(-c3ccccc3)c2C(=O)O)cc1. The number of thiophene rings is 1. The first-order valence-corrected chi connectivity index (χ1v) is 9.18. The lowest BCUT2D eigenvalue weighted by molar-refractivity contribution is -0.116. The summed E-state index contributed by atoms with van der Waals surface area (Å²) in [5, 5.41) is 14.5. The predicted octanol–water partition coefficient (Wildman–Crippen LogP) is 4.99. The molecular weight excluding hydrogens is 346 g/mol. The van der Waals surface area contributed by atoms with E-state index in [4.69, 9.17) is 0 Å². The second kappa shape index (κ2) is 7.97. The summed E-state index contributed by atoms with van der Waals surface area (Å²) in [5.41, 5.74) is 3.85. The summed E-state index contributed by atoms with van der Waals surface area (Å²) in [6.07, 6.45) is 0.923. The minimum Gasteiger partial charge on any atom is -0.478 e.